The SMILES string of the molecule is Brc1cccnc1Nc1cccnc1. The van der Waals surface area contributed by atoms with Gasteiger partial charge in [0.1, 0.15) is 5.82 Å². The molecule has 0 saturated carbocycles. The summed E-state index contributed by atoms with van der Waals surface area (Å²) >= 11 is 3.41. The Morgan fingerprint density at radius 3 is 2.71 bits per heavy atom. The van der Waals surface area contributed by atoms with Crippen molar-refractivity contribution in [2.45, 2.75) is 0 Å². The third kappa shape index (κ3) is 2.09. The number of anilines is 2. The zero-order valence-corrected chi connectivity index (χ0v) is 8.90. The lowest BCUT2D eigenvalue weighted by Gasteiger charge is -2.05. The summed E-state index contributed by atoms with van der Waals surface area (Å²) < 4.78 is 0.934. The van der Waals surface area contributed by atoms with Gasteiger partial charge in [-0.1, -0.05) is 0 Å². The Hall–Kier alpha value is -1.42. The van der Waals surface area contributed by atoms with Crippen LogP contribution in [0.1, 0.15) is 0 Å². The molecule has 0 aliphatic carbocycles. The van der Waals surface area contributed by atoms with Gasteiger partial charge in [0.2, 0.25) is 0 Å². The molecule has 70 valence electrons. The van der Waals surface area contributed by atoms with Crippen LogP contribution in [0.2, 0.25) is 0 Å². The fourth-order valence-corrected chi connectivity index (χ4v) is 1.41. The summed E-state index contributed by atoms with van der Waals surface area (Å²) in [5.41, 5.74) is 0.923. The number of aromatic nitrogens is 2. The van der Waals surface area contributed by atoms with Gasteiger partial charge < -0.3 is 5.32 Å². The van der Waals surface area contributed by atoms with Crippen LogP contribution in [-0.2, 0) is 0 Å². The zero-order chi connectivity index (χ0) is 9.80. The first-order valence-electron chi connectivity index (χ1n) is 4.14. The second-order valence-electron chi connectivity index (χ2n) is 2.70. The molecule has 0 aromatic carbocycles. The van der Waals surface area contributed by atoms with Crippen LogP contribution < -0.4 is 5.32 Å². The van der Waals surface area contributed by atoms with Crippen molar-refractivity contribution in [3.8, 4) is 0 Å². The molecule has 0 spiro atoms. The molecule has 2 heterocycles. The van der Waals surface area contributed by atoms with Gasteiger partial charge in [0.25, 0.3) is 0 Å². The Bertz CT molecular complexity index is 417. The van der Waals surface area contributed by atoms with Crippen molar-refractivity contribution in [1.82, 2.24) is 9.97 Å². The van der Waals surface area contributed by atoms with Crippen molar-refractivity contribution in [2.24, 2.45) is 0 Å². The summed E-state index contributed by atoms with van der Waals surface area (Å²) in [4.78, 5) is 8.19. The zero-order valence-electron chi connectivity index (χ0n) is 7.31. The van der Waals surface area contributed by atoms with Gasteiger partial charge in [-0.3, -0.25) is 4.98 Å². The lowest BCUT2D eigenvalue weighted by molar-refractivity contribution is 1.27. The van der Waals surface area contributed by atoms with Crippen molar-refractivity contribution in [3.05, 3.63) is 47.3 Å². The van der Waals surface area contributed by atoms with E-state index in [2.05, 4.69) is 31.2 Å². The van der Waals surface area contributed by atoms with E-state index in [1.165, 1.54) is 0 Å². The number of pyridine rings is 2. The summed E-state index contributed by atoms with van der Waals surface area (Å²) in [6, 6.07) is 7.62. The van der Waals surface area contributed by atoms with Crippen LogP contribution in [0.15, 0.2) is 47.3 Å². The average Bonchev–Trinajstić information content (AvgIpc) is 2.23. The second-order valence-corrected chi connectivity index (χ2v) is 3.55. The van der Waals surface area contributed by atoms with Crippen LogP contribution in [0.5, 0.6) is 0 Å². The Kier molecular flexibility index (Phi) is 2.74. The Balaban J connectivity index is 2.24. The molecular formula is C10H8BrN3. The summed E-state index contributed by atoms with van der Waals surface area (Å²) in [5.74, 6) is 0.792. The maximum atomic E-state index is 4.19. The van der Waals surface area contributed by atoms with Crippen LogP contribution in [-0.4, -0.2) is 9.97 Å². The van der Waals surface area contributed by atoms with E-state index < -0.39 is 0 Å². The Morgan fingerprint density at radius 1 is 1.14 bits per heavy atom. The molecule has 0 radical (unpaired) electrons. The number of rotatable bonds is 2. The van der Waals surface area contributed by atoms with E-state index in [9.17, 15) is 0 Å². The first-order chi connectivity index (χ1) is 6.86. The van der Waals surface area contributed by atoms with Crippen LogP contribution in [0.3, 0.4) is 0 Å². The molecule has 2 aromatic heterocycles. The van der Waals surface area contributed by atoms with Gasteiger partial charge in [-0.2, -0.15) is 0 Å². The molecule has 0 aliphatic heterocycles. The fraction of sp³-hybridized carbons (Fsp3) is 0. The number of nitrogens with one attached hydrogen (secondary N) is 1. The Morgan fingerprint density at radius 2 is 2.00 bits per heavy atom. The van der Waals surface area contributed by atoms with Crippen LogP contribution in [0.25, 0.3) is 0 Å². The fourth-order valence-electron chi connectivity index (χ4n) is 1.05. The molecule has 0 unspecified atom stereocenters. The van der Waals surface area contributed by atoms with Crippen LogP contribution in [0.4, 0.5) is 11.5 Å². The van der Waals surface area contributed by atoms with E-state index >= 15 is 0 Å². The minimum Gasteiger partial charge on any atom is -0.338 e. The van der Waals surface area contributed by atoms with E-state index in [4.69, 9.17) is 0 Å². The molecule has 0 bridgehead atoms. The first kappa shape index (κ1) is 9.15. The summed E-state index contributed by atoms with van der Waals surface area (Å²) in [5, 5.41) is 3.15. The minimum absolute atomic E-state index is 0.792. The molecular weight excluding hydrogens is 242 g/mol. The lowest BCUT2D eigenvalue weighted by Crippen LogP contribution is -1.93. The van der Waals surface area contributed by atoms with E-state index in [0.717, 1.165) is 16.0 Å². The van der Waals surface area contributed by atoms with Gasteiger partial charge in [-0.15, -0.1) is 0 Å². The van der Waals surface area contributed by atoms with Crippen LogP contribution in [0, 0.1) is 0 Å². The van der Waals surface area contributed by atoms with E-state index in [-0.39, 0.29) is 0 Å². The molecule has 14 heavy (non-hydrogen) atoms. The van der Waals surface area contributed by atoms with Crippen molar-refractivity contribution < 1.29 is 0 Å². The molecule has 0 fully saturated rings. The number of hydrogen-bond acceptors (Lipinski definition) is 3. The van der Waals surface area contributed by atoms with Crippen molar-refractivity contribution >= 4 is 27.4 Å². The molecule has 2 rings (SSSR count). The monoisotopic (exact) mass is 249 g/mol. The third-order valence-corrected chi connectivity index (χ3v) is 2.32. The van der Waals surface area contributed by atoms with Gasteiger partial charge >= 0.3 is 0 Å². The predicted octanol–water partition coefficient (Wildman–Crippen LogP) is 2.98. The smallest absolute Gasteiger partial charge is 0.144 e. The summed E-state index contributed by atoms with van der Waals surface area (Å²) in [7, 11) is 0. The highest BCUT2D eigenvalue weighted by molar-refractivity contribution is 9.10. The largest absolute Gasteiger partial charge is 0.338 e. The van der Waals surface area contributed by atoms with Gasteiger partial charge in [0.15, 0.2) is 0 Å². The van der Waals surface area contributed by atoms with Crippen molar-refractivity contribution in [1.29, 1.82) is 0 Å². The molecule has 1 N–H and O–H groups in total. The highest BCUT2D eigenvalue weighted by atomic mass is 79.9. The topological polar surface area (TPSA) is 37.8 Å². The molecule has 0 aliphatic rings. The van der Waals surface area contributed by atoms with Gasteiger partial charge in [-0.25, -0.2) is 4.98 Å². The number of nitrogens with zero attached hydrogens (tertiary/aromatic N) is 2. The van der Waals surface area contributed by atoms with Gasteiger partial charge in [0.05, 0.1) is 16.4 Å². The molecule has 2 aromatic rings. The quantitative estimate of drug-likeness (QED) is 0.890. The van der Waals surface area contributed by atoms with E-state index in [1.807, 2.05) is 24.3 Å². The number of hydrogen-bond donors (Lipinski definition) is 1. The summed E-state index contributed by atoms with van der Waals surface area (Å²) in [6.45, 7) is 0. The lowest BCUT2D eigenvalue weighted by atomic mass is 10.4. The van der Waals surface area contributed by atoms with Crippen molar-refractivity contribution in [3.63, 3.8) is 0 Å². The molecule has 0 saturated heterocycles. The van der Waals surface area contributed by atoms with Crippen molar-refractivity contribution in [2.75, 3.05) is 5.32 Å². The number of halogens is 1. The maximum absolute atomic E-state index is 4.19. The highest BCUT2D eigenvalue weighted by Gasteiger charge is 1.99. The Labute approximate surface area is 90.3 Å². The average molecular weight is 250 g/mol. The van der Waals surface area contributed by atoms with E-state index in [1.54, 1.807) is 18.6 Å². The molecule has 0 atom stereocenters. The third-order valence-electron chi connectivity index (χ3n) is 1.68. The van der Waals surface area contributed by atoms with E-state index in [0.29, 0.717) is 0 Å². The standard InChI is InChI=1S/C10H8BrN3/c11-9-4-2-6-13-10(9)14-8-3-1-5-12-7-8/h1-7H,(H,13,14). The van der Waals surface area contributed by atoms with Gasteiger partial charge in [-0.05, 0) is 40.2 Å². The highest BCUT2D eigenvalue weighted by Crippen LogP contribution is 2.21. The molecule has 4 heteroatoms. The second kappa shape index (κ2) is 4.19. The first-order valence-corrected chi connectivity index (χ1v) is 4.93. The molecule has 3 nitrogen and oxygen atoms in total. The molecule has 0 amide bonds. The normalized spacial score (nSPS) is 9.79. The predicted molar refractivity (Wildman–Crippen MR) is 59.5 cm³/mol. The minimum atomic E-state index is 0.792. The van der Waals surface area contributed by atoms with Gasteiger partial charge in [0, 0.05) is 12.4 Å². The van der Waals surface area contributed by atoms with Crippen LogP contribution >= 0.6 is 15.9 Å². The summed E-state index contributed by atoms with van der Waals surface area (Å²) in [6.07, 6.45) is 5.23. The maximum Gasteiger partial charge on any atom is 0.144 e.